The molecule has 0 radical (unpaired) electrons. The van der Waals surface area contributed by atoms with Crippen LogP contribution >= 0.6 is 0 Å². The molecule has 0 unspecified atom stereocenters. The maximum Gasteiger partial charge on any atom is 0.141 e. The van der Waals surface area contributed by atoms with Crippen molar-refractivity contribution in [2.24, 2.45) is 0 Å². The highest BCUT2D eigenvalue weighted by molar-refractivity contribution is 5.22. The predicted octanol–water partition coefficient (Wildman–Crippen LogP) is 0.379. The molecule has 0 spiro atoms. The van der Waals surface area contributed by atoms with Crippen LogP contribution in [0.15, 0.2) is 12.5 Å². The van der Waals surface area contributed by atoms with Gasteiger partial charge in [0.1, 0.15) is 5.82 Å². The van der Waals surface area contributed by atoms with Crippen LogP contribution in [0.2, 0.25) is 0 Å². The predicted molar refractivity (Wildman–Crippen MR) is 36.9 cm³/mol. The third-order valence-corrected chi connectivity index (χ3v) is 1.14. The molecule has 2 N–H and O–H groups in total. The summed E-state index contributed by atoms with van der Waals surface area (Å²) in [6.45, 7) is 0.667. The summed E-state index contributed by atoms with van der Waals surface area (Å²) in [6, 6.07) is 2.04. The maximum atomic E-state index is 8.22. The molecule has 0 aliphatic heterocycles. The number of hydrogen-bond acceptors (Lipinski definition) is 3. The van der Waals surface area contributed by atoms with Crippen LogP contribution in [0.3, 0.4) is 0 Å². The Hall–Kier alpha value is -1.50. The second-order valence-corrected chi connectivity index (χ2v) is 1.94. The third kappa shape index (κ3) is 1.49. The summed E-state index contributed by atoms with van der Waals surface area (Å²) in [6.07, 6.45) is 3.82. The van der Waals surface area contributed by atoms with Gasteiger partial charge in [-0.1, -0.05) is 0 Å². The highest BCUT2D eigenvalue weighted by Crippen LogP contribution is 1.96. The lowest BCUT2D eigenvalue weighted by molar-refractivity contribution is 0.715. The Morgan fingerprint density at radius 1 is 1.80 bits per heavy atom. The topological polar surface area (TPSA) is 67.6 Å². The lowest BCUT2D eigenvalue weighted by atomic mass is 10.5. The van der Waals surface area contributed by atoms with Crippen LogP contribution in [-0.4, -0.2) is 9.55 Å². The van der Waals surface area contributed by atoms with E-state index in [2.05, 4.69) is 4.98 Å². The molecule has 10 heavy (non-hydrogen) atoms. The van der Waals surface area contributed by atoms with E-state index in [4.69, 9.17) is 11.0 Å². The first-order valence-corrected chi connectivity index (χ1v) is 2.97. The Labute approximate surface area is 58.9 Å². The standard InChI is InChI=1S/C6H8N4/c7-2-1-3-10-4-6(8)9-5-10/h4-5H,1,3,8H2. The van der Waals surface area contributed by atoms with E-state index < -0.39 is 0 Å². The Balaban J connectivity index is 2.52. The molecular weight excluding hydrogens is 128 g/mol. The van der Waals surface area contributed by atoms with Crippen molar-refractivity contribution in [2.75, 3.05) is 5.73 Å². The van der Waals surface area contributed by atoms with Crippen molar-refractivity contribution >= 4 is 5.82 Å². The molecule has 1 rings (SSSR count). The number of aromatic nitrogens is 2. The van der Waals surface area contributed by atoms with Gasteiger partial charge in [0.05, 0.1) is 18.8 Å². The Kier molecular flexibility index (Phi) is 1.90. The van der Waals surface area contributed by atoms with Gasteiger partial charge in [-0.05, 0) is 0 Å². The van der Waals surface area contributed by atoms with Gasteiger partial charge in [0.15, 0.2) is 0 Å². The van der Waals surface area contributed by atoms with Gasteiger partial charge in [-0.3, -0.25) is 0 Å². The minimum Gasteiger partial charge on any atom is -0.382 e. The molecule has 1 heterocycles. The van der Waals surface area contributed by atoms with E-state index in [0.717, 1.165) is 0 Å². The van der Waals surface area contributed by atoms with E-state index in [9.17, 15) is 0 Å². The number of nitrogen functional groups attached to an aromatic ring is 1. The van der Waals surface area contributed by atoms with Crippen molar-refractivity contribution in [3.63, 3.8) is 0 Å². The normalized spacial score (nSPS) is 9.10. The summed E-state index contributed by atoms with van der Waals surface area (Å²) in [5.74, 6) is 0.498. The van der Waals surface area contributed by atoms with Gasteiger partial charge in [-0.15, -0.1) is 0 Å². The molecule has 0 saturated heterocycles. The zero-order valence-corrected chi connectivity index (χ0v) is 5.49. The van der Waals surface area contributed by atoms with E-state index in [1.807, 2.05) is 6.07 Å². The monoisotopic (exact) mass is 136 g/mol. The van der Waals surface area contributed by atoms with Crippen LogP contribution in [0, 0.1) is 11.3 Å². The number of aryl methyl sites for hydroxylation is 1. The molecule has 1 aromatic rings. The van der Waals surface area contributed by atoms with Gasteiger partial charge in [0.2, 0.25) is 0 Å². The van der Waals surface area contributed by atoms with Crippen LogP contribution in [-0.2, 0) is 6.54 Å². The fraction of sp³-hybridized carbons (Fsp3) is 0.333. The summed E-state index contributed by atoms with van der Waals surface area (Å²) in [5.41, 5.74) is 5.34. The van der Waals surface area contributed by atoms with E-state index >= 15 is 0 Å². The van der Waals surface area contributed by atoms with Crippen molar-refractivity contribution in [1.29, 1.82) is 5.26 Å². The number of hydrogen-bond donors (Lipinski definition) is 1. The summed E-state index contributed by atoms with van der Waals surface area (Å²) in [7, 11) is 0. The molecule has 0 amide bonds. The summed E-state index contributed by atoms with van der Waals surface area (Å²) >= 11 is 0. The van der Waals surface area contributed by atoms with Crippen LogP contribution in [0.5, 0.6) is 0 Å². The number of nitriles is 1. The Bertz CT molecular complexity index is 244. The smallest absolute Gasteiger partial charge is 0.141 e. The Morgan fingerprint density at radius 2 is 2.60 bits per heavy atom. The maximum absolute atomic E-state index is 8.22. The Morgan fingerprint density at radius 3 is 3.10 bits per heavy atom. The van der Waals surface area contributed by atoms with Gasteiger partial charge < -0.3 is 10.3 Å². The van der Waals surface area contributed by atoms with Crippen LogP contribution in [0.4, 0.5) is 5.82 Å². The zero-order valence-electron chi connectivity index (χ0n) is 5.49. The number of rotatable bonds is 2. The van der Waals surface area contributed by atoms with E-state index in [1.165, 1.54) is 0 Å². The quantitative estimate of drug-likeness (QED) is 0.639. The number of imidazole rings is 1. The molecule has 0 fully saturated rings. The van der Waals surface area contributed by atoms with Crippen molar-refractivity contribution in [2.45, 2.75) is 13.0 Å². The second kappa shape index (κ2) is 2.87. The molecule has 4 nitrogen and oxygen atoms in total. The van der Waals surface area contributed by atoms with Crippen molar-refractivity contribution < 1.29 is 0 Å². The molecule has 0 aliphatic rings. The minimum absolute atomic E-state index is 0.496. The molecular formula is C6H8N4. The van der Waals surface area contributed by atoms with Crippen LogP contribution < -0.4 is 5.73 Å². The first kappa shape index (κ1) is 6.62. The molecule has 0 saturated carbocycles. The zero-order chi connectivity index (χ0) is 7.40. The summed E-state index contributed by atoms with van der Waals surface area (Å²) < 4.78 is 1.79. The highest BCUT2D eigenvalue weighted by atomic mass is 15.1. The van der Waals surface area contributed by atoms with Gasteiger partial charge in [-0.25, -0.2) is 4.98 Å². The average molecular weight is 136 g/mol. The lowest BCUT2D eigenvalue weighted by Crippen LogP contribution is -1.92. The number of nitrogens with two attached hydrogens (primary N) is 1. The lowest BCUT2D eigenvalue weighted by Gasteiger charge is -1.92. The highest BCUT2D eigenvalue weighted by Gasteiger charge is 1.91. The molecule has 0 aliphatic carbocycles. The van der Waals surface area contributed by atoms with E-state index in [0.29, 0.717) is 18.8 Å². The first-order chi connectivity index (χ1) is 4.83. The molecule has 4 heteroatoms. The van der Waals surface area contributed by atoms with Gasteiger partial charge in [0.25, 0.3) is 0 Å². The SMILES string of the molecule is N#CCCn1cnc(N)c1. The largest absolute Gasteiger partial charge is 0.382 e. The van der Waals surface area contributed by atoms with Crippen LogP contribution in [0.1, 0.15) is 6.42 Å². The first-order valence-electron chi connectivity index (χ1n) is 2.97. The minimum atomic E-state index is 0.496. The third-order valence-electron chi connectivity index (χ3n) is 1.14. The molecule has 52 valence electrons. The molecule has 0 atom stereocenters. The van der Waals surface area contributed by atoms with Crippen molar-refractivity contribution in [3.05, 3.63) is 12.5 Å². The summed E-state index contributed by atoms with van der Waals surface area (Å²) in [4.78, 5) is 3.80. The average Bonchev–Trinajstić information content (AvgIpc) is 2.31. The molecule has 1 aromatic heterocycles. The summed E-state index contributed by atoms with van der Waals surface area (Å²) in [5, 5.41) is 8.22. The molecule has 0 aromatic carbocycles. The van der Waals surface area contributed by atoms with Gasteiger partial charge >= 0.3 is 0 Å². The van der Waals surface area contributed by atoms with Crippen LogP contribution in [0.25, 0.3) is 0 Å². The van der Waals surface area contributed by atoms with Crippen molar-refractivity contribution in [3.8, 4) is 6.07 Å². The number of nitrogens with zero attached hydrogens (tertiary/aromatic N) is 3. The fourth-order valence-corrected chi connectivity index (χ4v) is 0.679. The fourth-order valence-electron chi connectivity index (χ4n) is 0.679. The second-order valence-electron chi connectivity index (χ2n) is 1.94. The van der Waals surface area contributed by atoms with Gasteiger partial charge in [0, 0.05) is 12.7 Å². The van der Waals surface area contributed by atoms with E-state index in [1.54, 1.807) is 17.1 Å². The van der Waals surface area contributed by atoms with Gasteiger partial charge in [-0.2, -0.15) is 5.26 Å². The molecule has 0 bridgehead atoms. The van der Waals surface area contributed by atoms with E-state index in [-0.39, 0.29) is 0 Å². The number of anilines is 1. The van der Waals surface area contributed by atoms with Crippen molar-refractivity contribution in [1.82, 2.24) is 9.55 Å².